The van der Waals surface area contributed by atoms with Gasteiger partial charge in [-0.3, -0.25) is 0 Å². The second kappa shape index (κ2) is 7.46. The Morgan fingerprint density at radius 2 is 2.35 bits per heavy atom. The Morgan fingerprint density at radius 3 is 3.05 bits per heavy atom. The van der Waals surface area contributed by atoms with Gasteiger partial charge in [0.2, 0.25) is 0 Å². The van der Waals surface area contributed by atoms with Crippen LogP contribution in [0.5, 0.6) is 0 Å². The van der Waals surface area contributed by atoms with Crippen LogP contribution in [0.25, 0.3) is 0 Å². The zero-order valence-electron chi connectivity index (χ0n) is 11.7. The molecule has 1 fully saturated rings. The van der Waals surface area contributed by atoms with Crippen molar-refractivity contribution in [3.05, 3.63) is 16.6 Å². The smallest absolute Gasteiger partial charge is 0.279 e. The van der Waals surface area contributed by atoms with E-state index in [1.807, 2.05) is 12.4 Å². The van der Waals surface area contributed by atoms with Gasteiger partial charge in [-0.05, 0) is 19.9 Å². The van der Waals surface area contributed by atoms with Crippen molar-refractivity contribution in [3.63, 3.8) is 0 Å². The van der Waals surface area contributed by atoms with Gasteiger partial charge in [-0.2, -0.15) is 12.7 Å². The molecule has 2 heterocycles. The van der Waals surface area contributed by atoms with Crippen molar-refractivity contribution in [3.8, 4) is 0 Å². The maximum atomic E-state index is 12.4. The number of hydrogen-bond donors (Lipinski definition) is 2. The lowest BCUT2D eigenvalue weighted by Gasteiger charge is -2.34. The number of hydrogen-bond acceptors (Lipinski definition) is 5. The summed E-state index contributed by atoms with van der Waals surface area (Å²) in [5, 5.41) is 5.02. The van der Waals surface area contributed by atoms with E-state index in [0.29, 0.717) is 26.1 Å². The van der Waals surface area contributed by atoms with Gasteiger partial charge in [0, 0.05) is 37.5 Å². The number of aromatic nitrogens is 1. The Kier molecular flexibility index (Phi) is 5.91. The molecule has 0 aromatic carbocycles. The van der Waals surface area contributed by atoms with Crippen LogP contribution in [0.1, 0.15) is 25.0 Å². The minimum Gasteiger partial charge on any atom is -0.318 e. The van der Waals surface area contributed by atoms with Gasteiger partial charge in [0.25, 0.3) is 10.2 Å². The molecular formula is C12H22N4O2S2. The molecule has 1 unspecified atom stereocenters. The van der Waals surface area contributed by atoms with Gasteiger partial charge in [0.1, 0.15) is 0 Å². The summed E-state index contributed by atoms with van der Waals surface area (Å²) in [7, 11) is -1.53. The summed E-state index contributed by atoms with van der Waals surface area (Å²) in [4.78, 5) is 4.15. The van der Waals surface area contributed by atoms with Crippen LogP contribution in [0, 0.1) is 0 Å². The Hall–Kier alpha value is -0.540. The second-order valence-corrected chi connectivity index (χ2v) is 7.37. The maximum Gasteiger partial charge on any atom is 0.279 e. The SMILES string of the molecule is CNCC1CCCCN1S(=O)(=O)NCCc1cscn1. The second-order valence-electron chi connectivity index (χ2n) is 4.95. The molecule has 1 aliphatic heterocycles. The fraction of sp³-hybridized carbons (Fsp3) is 0.750. The third kappa shape index (κ3) is 4.23. The number of nitrogens with zero attached hydrogens (tertiary/aromatic N) is 2. The average molecular weight is 318 g/mol. The van der Waals surface area contributed by atoms with Crippen molar-refractivity contribution in [2.45, 2.75) is 31.7 Å². The molecule has 1 atom stereocenters. The number of likely N-dealkylation sites (N-methyl/N-ethyl adjacent to an activating group) is 1. The quantitative estimate of drug-likeness (QED) is 0.772. The summed E-state index contributed by atoms with van der Waals surface area (Å²) < 4.78 is 29.0. The molecule has 1 aromatic heterocycles. The number of thiazole rings is 1. The van der Waals surface area contributed by atoms with Gasteiger partial charge in [0.05, 0.1) is 11.2 Å². The fourth-order valence-corrected chi connectivity index (χ4v) is 4.54. The standard InChI is InChI=1S/C12H22N4O2S2/c1-13-8-12-4-2-3-7-16(12)20(17,18)15-6-5-11-9-19-10-14-11/h9-10,12-13,15H,2-8H2,1H3. The molecular weight excluding hydrogens is 296 g/mol. The van der Waals surface area contributed by atoms with Crippen molar-refractivity contribution < 1.29 is 8.42 Å². The van der Waals surface area contributed by atoms with E-state index < -0.39 is 10.2 Å². The molecule has 0 saturated carbocycles. The minimum atomic E-state index is -3.39. The molecule has 0 bridgehead atoms. The van der Waals surface area contributed by atoms with E-state index in [9.17, 15) is 8.42 Å². The first-order chi connectivity index (χ1) is 9.63. The molecule has 8 heteroatoms. The van der Waals surface area contributed by atoms with Crippen LogP contribution in [0.2, 0.25) is 0 Å². The van der Waals surface area contributed by atoms with Crippen LogP contribution < -0.4 is 10.0 Å². The van der Waals surface area contributed by atoms with Gasteiger partial charge < -0.3 is 5.32 Å². The lowest BCUT2D eigenvalue weighted by atomic mass is 10.1. The van der Waals surface area contributed by atoms with Crippen molar-refractivity contribution in [2.24, 2.45) is 0 Å². The molecule has 0 amide bonds. The zero-order chi connectivity index (χ0) is 14.4. The fourth-order valence-electron chi connectivity index (χ4n) is 2.48. The molecule has 6 nitrogen and oxygen atoms in total. The molecule has 0 aliphatic carbocycles. The largest absolute Gasteiger partial charge is 0.318 e. The highest BCUT2D eigenvalue weighted by molar-refractivity contribution is 7.87. The van der Waals surface area contributed by atoms with Crippen LogP contribution in [0.3, 0.4) is 0 Å². The normalized spacial score (nSPS) is 21.1. The average Bonchev–Trinajstić information content (AvgIpc) is 2.92. The van der Waals surface area contributed by atoms with E-state index in [4.69, 9.17) is 0 Å². The van der Waals surface area contributed by atoms with E-state index in [-0.39, 0.29) is 6.04 Å². The van der Waals surface area contributed by atoms with Crippen molar-refractivity contribution in [2.75, 3.05) is 26.7 Å². The molecule has 0 radical (unpaired) electrons. The molecule has 1 saturated heterocycles. The van der Waals surface area contributed by atoms with Crippen molar-refractivity contribution >= 4 is 21.5 Å². The van der Waals surface area contributed by atoms with Crippen LogP contribution in [0.4, 0.5) is 0 Å². The van der Waals surface area contributed by atoms with Crippen LogP contribution in [-0.4, -0.2) is 50.4 Å². The summed E-state index contributed by atoms with van der Waals surface area (Å²) >= 11 is 1.53. The first-order valence-electron chi connectivity index (χ1n) is 6.91. The predicted octanol–water partition coefficient (Wildman–Crippen LogP) is 0.594. The number of rotatable bonds is 7. The molecule has 20 heavy (non-hydrogen) atoms. The number of piperidine rings is 1. The molecule has 2 N–H and O–H groups in total. The van der Waals surface area contributed by atoms with E-state index >= 15 is 0 Å². The highest BCUT2D eigenvalue weighted by Crippen LogP contribution is 2.19. The van der Waals surface area contributed by atoms with Crippen LogP contribution in [0.15, 0.2) is 10.9 Å². The third-order valence-electron chi connectivity index (χ3n) is 3.47. The van der Waals surface area contributed by atoms with Gasteiger partial charge in [0.15, 0.2) is 0 Å². The summed E-state index contributed by atoms with van der Waals surface area (Å²) in [5.74, 6) is 0. The maximum absolute atomic E-state index is 12.4. The van der Waals surface area contributed by atoms with Gasteiger partial charge >= 0.3 is 0 Å². The van der Waals surface area contributed by atoms with Gasteiger partial charge in [-0.25, -0.2) is 9.71 Å². The monoisotopic (exact) mass is 318 g/mol. The summed E-state index contributed by atoms with van der Waals surface area (Å²) in [6.45, 7) is 1.71. The van der Waals surface area contributed by atoms with Crippen LogP contribution in [-0.2, 0) is 16.6 Å². The predicted molar refractivity (Wildman–Crippen MR) is 81.0 cm³/mol. The summed E-state index contributed by atoms with van der Waals surface area (Å²) in [6, 6.07) is 0.0607. The Morgan fingerprint density at radius 1 is 1.50 bits per heavy atom. The lowest BCUT2D eigenvalue weighted by molar-refractivity contribution is 0.246. The minimum absolute atomic E-state index is 0.0607. The Labute approximate surface area is 124 Å². The highest BCUT2D eigenvalue weighted by atomic mass is 32.2. The highest BCUT2D eigenvalue weighted by Gasteiger charge is 2.31. The first-order valence-corrected chi connectivity index (χ1v) is 9.30. The van der Waals surface area contributed by atoms with Crippen molar-refractivity contribution in [1.82, 2.24) is 19.3 Å². The van der Waals surface area contributed by atoms with E-state index in [1.54, 1.807) is 9.82 Å². The van der Waals surface area contributed by atoms with E-state index in [0.717, 1.165) is 25.0 Å². The van der Waals surface area contributed by atoms with Crippen molar-refractivity contribution in [1.29, 1.82) is 0 Å². The number of nitrogens with one attached hydrogen (secondary N) is 2. The molecule has 1 aliphatic rings. The van der Waals surface area contributed by atoms with Gasteiger partial charge in [-0.1, -0.05) is 6.42 Å². The first kappa shape index (κ1) is 15.8. The summed E-state index contributed by atoms with van der Waals surface area (Å²) in [5.41, 5.74) is 2.69. The Bertz CT molecular complexity index is 488. The van der Waals surface area contributed by atoms with E-state index in [2.05, 4.69) is 15.0 Å². The third-order valence-corrected chi connectivity index (χ3v) is 5.77. The molecule has 114 valence electrons. The topological polar surface area (TPSA) is 74.3 Å². The van der Waals surface area contributed by atoms with Crippen LogP contribution >= 0.6 is 11.3 Å². The molecule has 1 aromatic rings. The zero-order valence-corrected chi connectivity index (χ0v) is 13.3. The summed E-state index contributed by atoms with van der Waals surface area (Å²) in [6.07, 6.45) is 3.59. The van der Waals surface area contributed by atoms with Gasteiger partial charge in [-0.15, -0.1) is 11.3 Å². The Balaban J connectivity index is 1.90. The molecule has 0 spiro atoms. The van der Waals surface area contributed by atoms with E-state index in [1.165, 1.54) is 11.3 Å². The molecule has 2 rings (SSSR count). The lowest BCUT2D eigenvalue weighted by Crippen LogP contribution is -2.52.